The van der Waals surface area contributed by atoms with E-state index in [1.54, 1.807) is 31.7 Å². The van der Waals surface area contributed by atoms with Gasteiger partial charge in [0.25, 0.3) is 11.5 Å². The summed E-state index contributed by atoms with van der Waals surface area (Å²) in [5.41, 5.74) is -1.12. The molecule has 2 amide bonds. The van der Waals surface area contributed by atoms with Gasteiger partial charge in [0.1, 0.15) is 0 Å². The Kier molecular flexibility index (Phi) is 7.93. The molecule has 1 fully saturated rings. The molecule has 4 aliphatic rings. The summed E-state index contributed by atoms with van der Waals surface area (Å²) < 4.78 is 43.3. The molecule has 42 heavy (non-hydrogen) atoms. The number of oxime groups is 1. The van der Waals surface area contributed by atoms with Gasteiger partial charge in [-0.2, -0.15) is 13.2 Å². The van der Waals surface area contributed by atoms with Crippen LogP contribution in [0.2, 0.25) is 10.0 Å². The van der Waals surface area contributed by atoms with E-state index in [1.165, 1.54) is 30.5 Å². The van der Waals surface area contributed by atoms with Crippen LogP contribution in [-0.4, -0.2) is 52.6 Å². The number of carbonyl (C=O) groups is 2. The number of fused-ring (bicyclic) bond motifs is 2. The molecule has 6 rings (SSSR count). The van der Waals surface area contributed by atoms with Gasteiger partial charge in [-0.05, 0) is 60.0 Å². The molecule has 4 heterocycles. The molecule has 0 aromatic heterocycles. The molecule has 1 atom stereocenters. The highest BCUT2D eigenvalue weighted by Crippen LogP contribution is 2.49. The first-order valence-electron chi connectivity index (χ1n) is 12.9. The molecule has 7 nitrogen and oxygen atoms in total. The molecule has 4 aliphatic heterocycles. The van der Waals surface area contributed by atoms with E-state index in [4.69, 9.17) is 39.6 Å². The van der Waals surface area contributed by atoms with E-state index in [-0.39, 0.29) is 32.8 Å². The molecule has 2 aromatic rings. The number of alkyl halides is 3. The van der Waals surface area contributed by atoms with Crippen LogP contribution in [0.4, 0.5) is 13.2 Å². The molecule has 13 heteroatoms. The lowest BCUT2D eigenvalue weighted by molar-refractivity contribution is -0.275. The first-order chi connectivity index (χ1) is 19.7. The average molecular weight is 640 g/mol. The highest BCUT2D eigenvalue weighted by Gasteiger charge is 2.62. The highest BCUT2D eigenvalue weighted by atomic mass is 35.5. The minimum Gasteiger partial charge on any atom is -0.374 e. The van der Waals surface area contributed by atoms with Gasteiger partial charge in [0.2, 0.25) is 11.9 Å². The van der Waals surface area contributed by atoms with Crippen molar-refractivity contribution in [2.24, 2.45) is 16.1 Å². The van der Waals surface area contributed by atoms with Crippen molar-refractivity contribution in [1.82, 2.24) is 9.80 Å². The fourth-order valence-corrected chi connectivity index (χ4v) is 5.64. The van der Waals surface area contributed by atoms with Crippen LogP contribution in [0.3, 0.4) is 0 Å². The number of aliphatic imine (C=N–C) groups is 1. The summed E-state index contributed by atoms with van der Waals surface area (Å²) in [6.45, 7) is 5.90. The second kappa shape index (κ2) is 11.1. The Morgan fingerprint density at radius 3 is 2.33 bits per heavy atom. The van der Waals surface area contributed by atoms with E-state index in [0.29, 0.717) is 29.2 Å². The van der Waals surface area contributed by atoms with E-state index < -0.39 is 35.9 Å². The SMILES string of the molecule is Cc1cc(C2=NOC(c3cc(Cl)cc(Cl)c3)(C(F)(F)F)C2)ccc1C(=O)N(C(=O)C(C)C)C1=NC=C(Cl)C=C2CN1C2. The molecular weight excluding hydrogens is 616 g/mol. The third-order valence-electron chi connectivity index (χ3n) is 7.14. The molecule has 2 aromatic carbocycles. The summed E-state index contributed by atoms with van der Waals surface area (Å²) in [7, 11) is 0. The Hall–Kier alpha value is -3.34. The number of benzene rings is 2. The number of hydrogen-bond acceptors (Lipinski definition) is 6. The average Bonchev–Trinajstić information content (AvgIpc) is 3.33. The van der Waals surface area contributed by atoms with Crippen LogP contribution in [0.5, 0.6) is 0 Å². The van der Waals surface area contributed by atoms with Crippen molar-refractivity contribution in [3.05, 3.63) is 91.6 Å². The van der Waals surface area contributed by atoms with Crippen LogP contribution in [0.25, 0.3) is 0 Å². The molecule has 0 spiro atoms. The van der Waals surface area contributed by atoms with Gasteiger partial charge in [0, 0.05) is 52.8 Å². The lowest BCUT2D eigenvalue weighted by atomic mass is 9.86. The lowest BCUT2D eigenvalue weighted by Crippen LogP contribution is -2.56. The quantitative estimate of drug-likeness (QED) is 0.355. The zero-order chi connectivity index (χ0) is 30.6. The molecule has 0 saturated carbocycles. The number of aryl methyl sites for hydroxylation is 1. The van der Waals surface area contributed by atoms with Crippen molar-refractivity contribution >= 4 is 58.3 Å². The van der Waals surface area contributed by atoms with Crippen LogP contribution in [0, 0.1) is 12.8 Å². The zero-order valence-corrected chi connectivity index (χ0v) is 24.9. The smallest absolute Gasteiger partial charge is 0.374 e. The normalized spacial score (nSPS) is 20.0. The number of amides is 2. The molecule has 1 unspecified atom stereocenters. The predicted octanol–water partition coefficient (Wildman–Crippen LogP) is 7.20. The van der Waals surface area contributed by atoms with Crippen molar-refractivity contribution in [3.8, 4) is 0 Å². The van der Waals surface area contributed by atoms with E-state index in [1.807, 2.05) is 0 Å². The molecule has 1 saturated heterocycles. The maximum Gasteiger partial charge on any atom is 0.435 e. The summed E-state index contributed by atoms with van der Waals surface area (Å²) in [4.78, 5) is 39.4. The second-order valence-electron chi connectivity index (χ2n) is 10.6. The van der Waals surface area contributed by atoms with Crippen molar-refractivity contribution in [3.63, 3.8) is 0 Å². The number of hydrogen-bond donors (Lipinski definition) is 0. The van der Waals surface area contributed by atoms with Gasteiger partial charge in [-0.15, -0.1) is 0 Å². The van der Waals surface area contributed by atoms with E-state index in [9.17, 15) is 22.8 Å². The third-order valence-corrected chi connectivity index (χ3v) is 7.78. The molecule has 0 aliphatic carbocycles. The number of guanidine groups is 1. The van der Waals surface area contributed by atoms with Crippen molar-refractivity contribution in [2.45, 2.75) is 39.0 Å². The van der Waals surface area contributed by atoms with Crippen LogP contribution < -0.4 is 0 Å². The van der Waals surface area contributed by atoms with Gasteiger partial charge in [-0.1, -0.05) is 59.9 Å². The van der Waals surface area contributed by atoms with Crippen LogP contribution in [0.15, 0.2) is 69.4 Å². The van der Waals surface area contributed by atoms with Gasteiger partial charge in [-0.3, -0.25) is 9.59 Å². The highest BCUT2D eigenvalue weighted by molar-refractivity contribution is 6.34. The summed E-state index contributed by atoms with van der Waals surface area (Å²) in [6, 6.07) is 8.07. The Labute approximate surface area is 254 Å². The maximum absolute atomic E-state index is 14.4. The summed E-state index contributed by atoms with van der Waals surface area (Å²) in [5, 5.41) is 4.21. The number of halogens is 6. The summed E-state index contributed by atoms with van der Waals surface area (Å²) >= 11 is 18.2. The largest absolute Gasteiger partial charge is 0.435 e. The molecule has 220 valence electrons. The number of allylic oxidation sites excluding steroid dienone is 2. The van der Waals surface area contributed by atoms with Crippen LogP contribution in [0.1, 0.15) is 47.3 Å². The predicted molar refractivity (Wildman–Crippen MR) is 155 cm³/mol. The first kappa shape index (κ1) is 30.1. The van der Waals surface area contributed by atoms with E-state index in [2.05, 4.69) is 10.1 Å². The Morgan fingerprint density at radius 1 is 1.07 bits per heavy atom. The van der Waals surface area contributed by atoms with Crippen molar-refractivity contribution < 1.29 is 27.6 Å². The van der Waals surface area contributed by atoms with Gasteiger partial charge < -0.3 is 9.74 Å². The van der Waals surface area contributed by atoms with Crippen LogP contribution in [-0.2, 0) is 15.2 Å². The number of nitrogens with zero attached hydrogens (tertiary/aromatic N) is 4. The standard InChI is InChI=1S/C29H24Cl3F3N4O3/c1-15(2)25(40)39(27-36-12-22(32)7-17-13-38(27)14-17)26(41)23-5-4-18(6-16(23)3)24-11-28(42-37-24,29(33,34)35)19-8-20(30)10-21(31)9-19/h4-10,12,15H,11,13-14H2,1-3H3. The van der Waals surface area contributed by atoms with Gasteiger partial charge >= 0.3 is 6.18 Å². The summed E-state index contributed by atoms with van der Waals surface area (Å²) in [6.07, 6.45) is -2.32. The Morgan fingerprint density at radius 2 is 1.74 bits per heavy atom. The van der Waals surface area contributed by atoms with Gasteiger partial charge in [0.15, 0.2) is 0 Å². The van der Waals surface area contributed by atoms with Gasteiger partial charge in [0.05, 0.1) is 10.7 Å². The first-order valence-corrected chi connectivity index (χ1v) is 14.0. The number of carbonyl (C=O) groups excluding carboxylic acids is 2. The van der Waals surface area contributed by atoms with Crippen LogP contribution >= 0.6 is 34.8 Å². The Bertz CT molecular complexity index is 1590. The lowest BCUT2D eigenvalue weighted by Gasteiger charge is -2.40. The van der Waals surface area contributed by atoms with E-state index in [0.717, 1.165) is 22.6 Å². The molecular formula is C29H24Cl3F3N4O3. The molecule has 0 N–H and O–H groups in total. The second-order valence-corrected chi connectivity index (χ2v) is 11.9. The minimum atomic E-state index is -4.85. The number of rotatable bonds is 4. The fraction of sp³-hybridized carbons (Fsp3) is 0.310. The van der Waals surface area contributed by atoms with Crippen molar-refractivity contribution in [2.75, 3.05) is 13.1 Å². The summed E-state index contributed by atoms with van der Waals surface area (Å²) in [5.74, 6) is -1.46. The van der Waals surface area contributed by atoms with E-state index >= 15 is 0 Å². The maximum atomic E-state index is 14.4. The van der Waals surface area contributed by atoms with Crippen molar-refractivity contribution in [1.29, 1.82) is 0 Å². The fourth-order valence-electron chi connectivity index (χ4n) is 4.91. The monoisotopic (exact) mass is 638 g/mol. The molecule has 0 radical (unpaired) electrons. The van der Waals surface area contributed by atoms with Gasteiger partial charge in [-0.25, -0.2) is 9.89 Å². The minimum absolute atomic E-state index is 0.0182. The zero-order valence-electron chi connectivity index (χ0n) is 22.6. The molecule has 2 bridgehead atoms. The Balaban J connectivity index is 1.47. The third kappa shape index (κ3) is 5.43. The topological polar surface area (TPSA) is 74.6 Å². The number of imide groups is 1.